The summed E-state index contributed by atoms with van der Waals surface area (Å²) in [4.78, 5) is 20.5. The van der Waals surface area contributed by atoms with Crippen molar-refractivity contribution in [2.75, 3.05) is 23.9 Å². The van der Waals surface area contributed by atoms with E-state index in [2.05, 4.69) is 20.9 Å². The average molecular weight is 455 g/mol. The molecule has 0 aliphatic carbocycles. The summed E-state index contributed by atoms with van der Waals surface area (Å²) in [5, 5.41) is 21.1. The molecule has 0 bridgehead atoms. The number of benzene rings is 1. The molecule has 3 aromatic rings. The van der Waals surface area contributed by atoms with E-state index >= 15 is 0 Å². The summed E-state index contributed by atoms with van der Waals surface area (Å²) >= 11 is 0. The van der Waals surface area contributed by atoms with Gasteiger partial charge < -0.3 is 9.88 Å². The Hall–Kier alpha value is -3.49. The van der Waals surface area contributed by atoms with E-state index in [-0.39, 0.29) is 16.3 Å². The highest BCUT2D eigenvalue weighted by Gasteiger charge is 2.39. The van der Waals surface area contributed by atoms with Crippen molar-refractivity contribution in [1.29, 1.82) is 5.26 Å². The quantitative estimate of drug-likeness (QED) is 0.428. The first-order valence-corrected chi connectivity index (χ1v) is 11.7. The van der Waals surface area contributed by atoms with E-state index in [1.54, 1.807) is 30.5 Å². The zero-order chi connectivity index (χ0) is 22.7. The monoisotopic (exact) mass is 454 g/mol. The number of rotatable bonds is 7. The molecular weight excluding hydrogens is 432 g/mol. The fourth-order valence-electron chi connectivity index (χ4n) is 4.14. The minimum Gasteiger partial charge on any atom is -0.346 e. The number of likely N-dealkylation sites (tertiary alicyclic amines) is 1. The van der Waals surface area contributed by atoms with Crippen molar-refractivity contribution in [2.24, 2.45) is 0 Å². The lowest BCUT2D eigenvalue weighted by Gasteiger charge is -2.38. The van der Waals surface area contributed by atoms with E-state index in [0.29, 0.717) is 49.9 Å². The van der Waals surface area contributed by atoms with Gasteiger partial charge in [0.15, 0.2) is 0 Å². The van der Waals surface area contributed by atoms with Gasteiger partial charge in [0, 0.05) is 38.3 Å². The van der Waals surface area contributed by atoms with Crippen LogP contribution in [0, 0.1) is 21.4 Å². The van der Waals surface area contributed by atoms with Crippen molar-refractivity contribution in [3.05, 3.63) is 58.9 Å². The van der Waals surface area contributed by atoms with E-state index in [9.17, 15) is 18.5 Å². The standard InChI is InChI=1S/C21H22N6O4S/c22-10-4-12-25-13-8-16(9-14-25)26(32(30,31)17-5-2-1-3-6-17)20-18-7-11-23-21(18)24-15-19(20)27(28)29/h1-3,5-7,11,15-16H,4,8-9,12-14H2,(H,23,24). The lowest BCUT2D eigenvalue weighted by atomic mass is 10.0. The Morgan fingerprint density at radius 2 is 1.97 bits per heavy atom. The zero-order valence-corrected chi connectivity index (χ0v) is 18.0. The molecule has 1 aliphatic heterocycles. The van der Waals surface area contributed by atoms with Crippen LogP contribution in [0.25, 0.3) is 11.0 Å². The minimum absolute atomic E-state index is 0.0283. The number of nitrogens with one attached hydrogen (secondary N) is 1. The number of sulfonamides is 1. The number of hydrogen-bond donors (Lipinski definition) is 1. The van der Waals surface area contributed by atoms with Crippen molar-refractivity contribution >= 4 is 32.4 Å². The summed E-state index contributed by atoms with van der Waals surface area (Å²) < 4.78 is 28.9. The van der Waals surface area contributed by atoms with Crippen molar-refractivity contribution < 1.29 is 13.3 Å². The second kappa shape index (κ2) is 8.94. The largest absolute Gasteiger partial charge is 0.346 e. The summed E-state index contributed by atoms with van der Waals surface area (Å²) in [6.07, 6.45) is 4.06. The number of H-pyrrole nitrogens is 1. The third-order valence-corrected chi connectivity index (χ3v) is 7.55. The van der Waals surface area contributed by atoms with Crippen LogP contribution < -0.4 is 4.31 Å². The Labute approximate surface area is 185 Å². The molecule has 1 fully saturated rings. The normalized spacial score (nSPS) is 15.5. The van der Waals surface area contributed by atoms with Crippen molar-refractivity contribution in [1.82, 2.24) is 14.9 Å². The number of aromatic nitrogens is 2. The molecule has 1 N–H and O–H groups in total. The molecule has 10 nitrogen and oxygen atoms in total. The van der Waals surface area contributed by atoms with Gasteiger partial charge in [0.1, 0.15) is 17.5 Å². The first kappa shape index (κ1) is 21.7. The van der Waals surface area contributed by atoms with E-state index in [4.69, 9.17) is 5.26 Å². The maximum absolute atomic E-state index is 13.8. The van der Waals surface area contributed by atoms with Crippen molar-refractivity contribution in [2.45, 2.75) is 30.2 Å². The molecule has 0 saturated carbocycles. The van der Waals surface area contributed by atoms with Crippen LogP contribution in [0.15, 0.2) is 53.7 Å². The van der Waals surface area contributed by atoms with Gasteiger partial charge in [-0.25, -0.2) is 13.4 Å². The number of aromatic amines is 1. The number of nitrogens with zero attached hydrogens (tertiary/aromatic N) is 5. The van der Waals surface area contributed by atoms with Crippen molar-refractivity contribution in [3.8, 4) is 6.07 Å². The van der Waals surface area contributed by atoms with Crippen LogP contribution in [-0.2, 0) is 10.0 Å². The van der Waals surface area contributed by atoms with Gasteiger partial charge in [-0.15, -0.1) is 0 Å². The fraction of sp³-hybridized carbons (Fsp3) is 0.333. The number of nitriles is 1. The average Bonchev–Trinajstić information content (AvgIpc) is 3.28. The molecule has 0 radical (unpaired) electrons. The van der Waals surface area contributed by atoms with Gasteiger partial charge in [-0.1, -0.05) is 18.2 Å². The molecule has 0 atom stereocenters. The number of hydrogen-bond acceptors (Lipinski definition) is 7. The van der Waals surface area contributed by atoms with Gasteiger partial charge in [-0.05, 0) is 31.0 Å². The van der Waals surface area contributed by atoms with Gasteiger partial charge in [0.25, 0.3) is 10.0 Å². The van der Waals surface area contributed by atoms with Crippen LogP contribution in [0.2, 0.25) is 0 Å². The van der Waals surface area contributed by atoms with Gasteiger partial charge in [0.05, 0.1) is 21.3 Å². The second-order valence-corrected chi connectivity index (χ2v) is 9.40. The van der Waals surface area contributed by atoms with Gasteiger partial charge in [-0.3, -0.25) is 14.4 Å². The first-order chi connectivity index (χ1) is 15.4. The zero-order valence-electron chi connectivity index (χ0n) is 17.2. The number of fused-ring (bicyclic) bond motifs is 1. The Balaban J connectivity index is 1.85. The highest BCUT2D eigenvalue weighted by atomic mass is 32.2. The topological polar surface area (TPSA) is 136 Å². The molecule has 0 spiro atoms. The van der Waals surface area contributed by atoms with Crippen LogP contribution >= 0.6 is 0 Å². The summed E-state index contributed by atoms with van der Waals surface area (Å²) in [6, 6.07) is 11.2. The molecule has 0 unspecified atom stereocenters. The molecule has 3 heterocycles. The summed E-state index contributed by atoms with van der Waals surface area (Å²) in [5.41, 5.74) is 0.0504. The van der Waals surface area contributed by atoms with Gasteiger partial charge >= 0.3 is 5.69 Å². The molecular formula is C21H22N6O4S. The number of anilines is 1. The maximum atomic E-state index is 13.8. The number of nitro groups is 1. The van der Waals surface area contributed by atoms with Gasteiger partial charge in [-0.2, -0.15) is 5.26 Å². The Bertz CT molecular complexity index is 1260. The summed E-state index contributed by atoms with van der Waals surface area (Å²) in [6.45, 7) is 1.82. The predicted molar refractivity (Wildman–Crippen MR) is 119 cm³/mol. The van der Waals surface area contributed by atoms with E-state index < -0.39 is 21.0 Å². The van der Waals surface area contributed by atoms with Crippen LogP contribution in [0.4, 0.5) is 11.4 Å². The molecule has 32 heavy (non-hydrogen) atoms. The Morgan fingerprint density at radius 3 is 2.62 bits per heavy atom. The molecule has 11 heteroatoms. The molecule has 1 aliphatic rings. The van der Waals surface area contributed by atoms with Crippen molar-refractivity contribution in [3.63, 3.8) is 0 Å². The minimum atomic E-state index is -4.10. The molecule has 166 valence electrons. The lowest BCUT2D eigenvalue weighted by molar-refractivity contribution is -0.384. The smallest absolute Gasteiger partial charge is 0.312 e. The van der Waals surface area contributed by atoms with E-state index in [0.717, 1.165) is 6.20 Å². The summed E-state index contributed by atoms with van der Waals surface area (Å²) in [5.74, 6) is 0. The Morgan fingerprint density at radius 1 is 1.25 bits per heavy atom. The number of piperidine rings is 1. The van der Waals surface area contributed by atoms with Crippen LogP contribution in [0.5, 0.6) is 0 Å². The van der Waals surface area contributed by atoms with Crippen LogP contribution in [0.1, 0.15) is 19.3 Å². The Kier molecular flexibility index (Phi) is 6.07. The molecule has 4 rings (SSSR count). The van der Waals surface area contributed by atoms with Gasteiger partial charge in [0.2, 0.25) is 0 Å². The van der Waals surface area contributed by atoms with E-state index in [1.165, 1.54) is 16.4 Å². The molecule has 1 aromatic carbocycles. The highest BCUT2D eigenvalue weighted by molar-refractivity contribution is 7.93. The first-order valence-electron chi connectivity index (χ1n) is 10.2. The van der Waals surface area contributed by atoms with Crippen LogP contribution in [0.3, 0.4) is 0 Å². The van der Waals surface area contributed by atoms with E-state index in [1.807, 2.05) is 0 Å². The third-order valence-electron chi connectivity index (χ3n) is 5.68. The van der Waals surface area contributed by atoms with Crippen LogP contribution in [-0.4, -0.2) is 53.9 Å². The highest BCUT2D eigenvalue weighted by Crippen LogP contribution is 2.40. The fourth-order valence-corrected chi connectivity index (χ4v) is 5.90. The third kappa shape index (κ3) is 4.02. The lowest BCUT2D eigenvalue weighted by Crippen LogP contribution is -2.48. The second-order valence-electron chi connectivity index (χ2n) is 7.58. The SMILES string of the molecule is N#CCCN1CCC(N(c2c([N+](=O)[O-])cnc3[nH]ccc23)S(=O)(=O)c2ccccc2)CC1. The molecule has 2 aromatic heterocycles. The number of pyridine rings is 1. The molecule has 0 amide bonds. The molecule has 1 saturated heterocycles. The predicted octanol–water partition coefficient (Wildman–Crippen LogP) is 3.04. The maximum Gasteiger partial charge on any atom is 0.312 e. The summed E-state index contributed by atoms with van der Waals surface area (Å²) in [7, 11) is -4.10.